The first-order chi connectivity index (χ1) is 12.6. The van der Waals surface area contributed by atoms with Crippen molar-refractivity contribution >= 4 is 19.9 Å². The third-order valence-corrected chi connectivity index (χ3v) is 5.44. The van der Waals surface area contributed by atoms with Crippen molar-refractivity contribution in [1.29, 1.82) is 0 Å². The van der Waals surface area contributed by atoms with Gasteiger partial charge in [0.1, 0.15) is 12.3 Å². The van der Waals surface area contributed by atoms with E-state index < -0.39 is 19.8 Å². The van der Waals surface area contributed by atoms with Gasteiger partial charge in [-0.25, -0.2) is 9.48 Å². The SMILES string of the molecule is CC(C)(C)OC(=O)Nc1cnn(COCC[Si](C)(C)C)c1-c1ccccc1. The molecule has 0 aliphatic rings. The minimum Gasteiger partial charge on any atom is -0.444 e. The fourth-order valence-corrected chi connectivity index (χ4v) is 3.17. The zero-order valence-corrected chi connectivity index (χ0v) is 18.2. The van der Waals surface area contributed by atoms with Gasteiger partial charge in [0, 0.05) is 20.2 Å². The molecule has 148 valence electrons. The van der Waals surface area contributed by atoms with Crippen LogP contribution in [0.1, 0.15) is 20.8 Å². The molecular weight excluding hydrogens is 358 g/mol. The predicted octanol–water partition coefficient (Wildman–Crippen LogP) is 5.21. The average molecular weight is 390 g/mol. The summed E-state index contributed by atoms with van der Waals surface area (Å²) in [5, 5.41) is 7.22. The molecule has 2 aromatic rings. The van der Waals surface area contributed by atoms with Gasteiger partial charge in [0.15, 0.2) is 0 Å². The Labute approximate surface area is 162 Å². The zero-order valence-electron chi connectivity index (χ0n) is 17.2. The van der Waals surface area contributed by atoms with E-state index in [1.165, 1.54) is 0 Å². The Hall–Kier alpha value is -2.12. The first-order valence-electron chi connectivity index (χ1n) is 9.24. The molecule has 0 radical (unpaired) electrons. The maximum Gasteiger partial charge on any atom is 0.412 e. The number of hydrogen-bond donors (Lipinski definition) is 1. The summed E-state index contributed by atoms with van der Waals surface area (Å²) in [6.07, 6.45) is 1.13. The number of nitrogens with one attached hydrogen (secondary N) is 1. The summed E-state index contributed by atoms with van der Waals surface area (Å²) >= 11 is 0. The van der Waals surface area contributed by atoms with Crippen molar-refractivity contribution in [3.05, 3.63) is 36.5 Å². The number of anilines is 1. The Morgan fingerprint density at radius 3 is 2.44 bits per heavy atom. The van der Waals surface area contributed by atoms with Crippen LogP contribution in [-0.2, 0) is 16.2 Å². The molecule has 0 saturated carbocycles. The molecular formula is C20H31N3O3Si. The van der Waals surface area contributed by atoms with Gasteiger partial charge in [-0.1, -0.05) is 50.0 Å². The second-order valence-electron chi connectivity index (χ2n) is 8.75. The number of nitrogens with zero attached hydrogens (tertiary/aromatic N) is 2. The van der Waals surface area contributed by atoms with E-state index in [4.69, 9.17) is 9.47 Å². The number of carbonyl (C=O) groups excluding carboxylic acids is 1. The van der Waals surface area contributed by atoms with Crippen LogP contribution in [0.5, 0.6) is 0 Å². The van der Waals surface area contributed by atoms with Crippen LogP contribution in [0.4, 0.5) is 10.5 Å². The zero-order chi connectivity index (χ0) is 20.1. The molecule has 0 saturated heterocycles. The number of amides is 1. The van der Waals surface area contributed by atoms with Crippen LogP contribution in [0.25, 0.3) is 11.3 Å². The highest BCUT2D eigenvalue weighted by Crippen LogP contribution is 2.28. The van der Waals surface area contributed by atoms with Crippen LogP contribution in [0, 0.1) is 0 Å². The first-order valence-corrected chi connectivity index (χ1v) is 12.9. The third-order valence-electron chi connectivity index (χ3n) is 3.73. The van der Waals surface area contributed by atoms with E-state index in [1.54, 1.807) is 10.9 Å². The lowest BCUT2D eigenvalue weighted by Gasteiger charge is -2.20. The first kappa shape index (κ1) is 21.2. The van der Waals surface area contributed by atoms with Crippen molar-refractivity contribution < 1.29 is 14.3 Å². The second-order valence-corrected chi connectivity index (χ2v) is 14.4. The number of rotatable bonds is 7. The minimum atomic E-state index is -1.14. The second kappa shape index (κ2) is 8.71. The fraction of sp³-hybridized carbons (Fsp3) is 0.500. The maximum absolute atomic E-state index is 12.2. The lowest BCUT2D eigenvalue weighted by molar-refractivity contribution is 0.0635. The van der Waals surface area contributed by atoms with Crippen LogP contribution in [0.2, 0.25) is 25.7 Å². The van der Waals surface area contributed by atoms with Crippen molar-refractivity contribution in [2.45, 2.75) is 58.8 Å². The molecule has 1 N–H and O–H groups in total. The van der Waals surface area contributed by atoms with Gasteiger partial charge in [-0.2, -0.15) is 5.10 Å². The number of ether oxygens (including phenoxy) is 2. The monoisotopic (exact) mass is 389 g/mol. The van der Waals surface area contributed by atoms with Crippen molar-refractivity contribution in [3.63, 3.8) is 0 Å². The molecule has 1 aromatic carbocycles. The van der Waals surface area contributed by atoms with E-state index in [1.807, 2.05) is 51.1 Å². The molecule has 1 heterocycles. The van der Waals surface area contributed by atoms with Gasteiger partial charge in [-0.05, 0) is 26.8 Å². The normalized spacial score (nSPS) is 12.1. The Morgan fingerprint density at radius 2 is 1.85 bits per heavy atom. The molecule has 1 aromatic heterocycles. The standard InChI is InChI=1S/C20H31N3O3Si/c1-20(2,3)26-19(24)22-17-14-21-23(15-25-12-13-27(4,5)6)18(17)16-10-8-7-9-11-16/h7-11,14H,12-13,15H2,1-6H3,(H,22,24). The minimum absolute atomic E-state index is 0.338. The summed E-state index contributed by atoms with van der Waals surface area (Å²) in [5.74, 6) is 0. The Bertz CT molecular complexity index is 746. The molecule has 27 heavy (non-hydrogen) atoms. The Balaban J connectivity index is 2.17. The van der Waals surface area contributed by atoms with E-state index in [2.05, 4.69) is 30.1 Å². The van der Waals surface area contributed by atoms with Crippen molar-refractivity contribution in [3.8, 4) is 11.3 Å². The van der Waals surface area contributed by atoms with Crippen LogP contribution >= 0.6 is 0 Å². The average Bonchev–Trinajstić information content (AvgIpc) is 2.92. The van der Waals surface area contributed by atoms with E-state index in [0.29, 0.717) is 19.0 Å². The number of hydrogen-bond acceptors (Lipinski definition) is 4. The van der Waals surface area contributed by atoms with Gasteiger partial charge in [-0.15, -0.1) is 0 Å². The molecule has 0 atom stereocenters. The molecule has 6 nitrogen and oxygen atoms in total. The Kier molecular flexibility index (Phi) is 6.83. The van der Waals surface area contributed by atoms with E-state index in [0.717, 1.165) is 17.3 Å². The Morgan fingerprint density at radius 1 is 1.19 bits per heavy atom. The highest BCUT2D eigenvalue weighted by molar-refractivity contribution is 6.76. The summed E-state index contributed by atoms with van der Waals surface area (Å²) in [5.41, 5.74) is 1.79. The lowest BCUT2D eigenvalue weighted by Crippen LogP contribution is -2.27. The van der Waals surface area contributed by atoms with Gasteiger partial charge in [0.05, 0.1) is 17.6 Å². The smallest absolute Gasteiger partial charge is 0.412 e. The molecule has 7 heteroatoms. The van der Waals surface area contributed by atoms with Crippen molar-refractivity contribution in [2.24, 2.45) is 0 Å². The van der Waals surface area contributed by atoms with Crippen LogP contribution in [0.15, 0.2) is 36.5 Å². The molecule has 0 fully saturated rings. The third kappa shape index (κ3) is 7.19. The van der Waals surface area contributed by atoms with E-state index >= 15 is 0 Å². The van der Waals surface area contributed by atoms with Crippen LogP contribution in [0.3, 0.4) is 0 Å². The summed E-state index contributed by atoms with van der Waals surface area (Å²) in [4.78, 5) is 12.2. The highest BCUT2D eigenvalue weighted by atomic mass is 28.3. The lowest BCUT2D eigenvalue weighted by atomic mass is 10.1. The quantitative estimate of drug-likeness (QED) is 0.521. The molecule has 0 unspecified atom stereocenters. The van der Waals surface area contributed by atoms with Gasteiger partial charge in [0.25, 0.3) is 0 Å². The van der Waals surface area contributed by atoms with Crippen LogP contribution < -0.4 is 5.32 Å². The van der Waals surface area contributed by atoms with Crippen molar-refractivity contribution in [1.82, 2.24) is 9.78 Å². The highest BCUT2D eigenvalue weighted by Gasteiger charge is 2.20. The largest absolute Gasteiger partial charge is 0.444 e. The van der Waals surface area contributed by atoms with E-state index in [-0.39, 0.29) is 0 Å². The molecule has 2 rings (SSSR count). The summed E-state index contributed by atoms with van der Waals surface area (Å²) < 4.78 is 13.0. The van der Waals surface area contributed by atoms with Gasteiger partial charge >= 0.3 is 6.09 Å². The van der Waals surface area contributed by atoms with Gasteiger partial charge in [0.2, 0.25) is 0 Å². The molecule has 0 bridgehead atoms. The fourth-order valence-electron chi connectivity index (χ4n) is 2.42. The number of aromatic nitrogens is 2. The van der Waals surface area contributed by atoms with Gasteiger partial charge < -0.3 is 9.47 Å². The molecule has 0 aliphatic carbocycles. The summed E-state index contributed by atoms with van der Waals surface area (Å²) in [6.45, 7) is 13.5. The number of benzene rings is 1. The summed E-state index contributed by atoms with van der Waals surface area (Å²) in [7, 11) is -1.14. The summed E-state index contributed by atoms with van der Waals surface area (Å²) in [6, 6.07) is 10.9. The molecule has 1 amide bonds. The topological polar surface area (TPSA) is 65.4 Å². The number of carbonyl (C=O) groups is 1. The maximum atomic E-state index is 12.2. The van der Waals surface area contributed by atoms with Crippen LogP contribution in [-0.4, -0.2) is 36.2 Å². The van der Waals surface area contributed by atoms with E-state index in [9.17, 15) is 4.79 Å². The van der Waals surface area contributed by atoms with Crippen molar-refractivity contribution in [2.75, 3.05) is 11.9 Å². The van der Waals surface area contributed by atoms with Gasteiger partial charge in [-0.3, -0.25) is 5.32 Å². The molecule has 0 spiro atoms. The predicted molar refractivity (Wildman–Crippen MR) is 112 cm³/mol. The molecule has 0 aliphatic heterocycles.